The van der Waals surface area contributed by atoms with Gasteiger partial charge in [-0.05, 0) is 38.5 Å². The molecule has 1 aliphatic rings. The summed E-state index contributed by atoms with van der Waals surface area (Å²) in [6.45, 7) is 6.41. The van der Waals surface area contributed by atoms with Crippen LogP contribution < -0.4 is 5.32 Å². The molecule has 0 saturated heterocycles. The second kappa shape index (κ2) is 9.03. The zero-order valence-corrected chi connectivity index (χ0v) is 13.7. The lowest BCUT2D eigenvalue weighted by Gasteiger charge is -2.31. The van der Waals surface area contributed by atoms with Crippen molar-refractivity contribution in [3.05, 3.63) is 0 Å². The van der Waals surface area contributed by atoms with Gasteiger partial charge in [-0.2, -0.15) is 0 Å². The van der Waals surface area contributed by atoms with Gasteiger partial charge in [0, 0.05) is 6.04 Å². The Bertz CT molecular complexity index is 343. The first-order valence-electron chi connectivity index (χ1n) is 7.98. The Hall–Kier alpha value is -1.10. The molecule has 0 amide bonds. The molecule has 0 aromatic heterocycles. The Morgan fingerprint density at radius 3 is 2.57 bits per heavy atom. The predicted molar refractivity (Wildman–Crippen MR) is 80.8 cm³/mol. The summed E-state index contributed by atoms with van der Waals surface area (Å²) < 4.78 is 9.98. The molecule has 5 nitrogen and oxygen atoms in total. The van der Waals surface area contributed by atoms with Crippen molar-refractivity contribution in [3.8, 4) is 0 Å². The van der Waals surface area contributed by atoms with Crippen molar-refractivity contribution < 1.29 is 19.1 Å². The number of nitrogens with one attached hydrogen (secondary N) is 1. The molecule has 0 spiro atoms. The Kier molecular flexibility index (Phi) is 7.72. The molecule has 0 aliphatic heterocycles. The maximum Gasteiger partial charge on any atom is 0.322 e. The molecule has 3 atom stereocenters. The summed E-state index contributed by atoms with van der Waals surface area (Å²) in [5.74, 6) is 0.0315. The van der Waals surface area contributed by atoms with Crippen LogP contribution in [0.15, 0.2) is 0 Å². The Labute approximate surface area is 127 Å². The van der Waals surface area contributed by atoms with E-state index >= 15 is 0 Å². The van der Waals surface area contributed by atoms with Crippen LogP contribution in [0.2, 0.25) is 0 Å². The van der Waals surface area contributed by atoms with Gasteiger partial charge in [0.2, 0.25) is 0 Å². The highest BCUT2D eigenvalue weighted by molar-refractivity contribution is 5.75. The van der Waals surface area contributed by atoms with Crippen LogP contribution in [-0.4, -0.2) is 37.7 Å². The lowest BCUT2D eigenvalue weighted by molar-refractivity contribution is -0.149. The second-order valence-electron chi connectivity index (χ2n) is 6.18. The highest BCUT2D eigenvalue weighted by Gasteiger charge is 2.31. The fraction of sp³-hybridized carbons (Fsp3) is 0.875. The number of rotatable bonds is 7. The molecule has 0 bridgehead atoms. The van der Waals surface area contributed by atoms with E-state index in [1.165, 1.54) is 7.11 Å². The van der Waals surface area contributed by atoms with E-state index in [-0.39, 0.29) is 29.9 Å². The average Bonchev–Trinajstić information content (AvgIpc) is 2.46. The predicted octanol–water partition coefficient (Wildman–Crippen LogP) is 2.29. The largest absolute Gasteiger partial charge is 0.468 e. The number of carbonyl (C=O) groups excluding carboxylic acids is 2. The first-order valence-corrected chi connectivity index (χ1v) is 7.98. The highest BCUT2D eigenvalue weighted by Crippen LogP contribution is 2.26. The fourth-order valence-electron chi connectivity index (χ4n) is 2.95. The average molecular weight is 299 g/mol. The van der Waals surface area contributed by atoms with Crippen LogP contribution in [0, 0.1) is 11.8 Å². The smallest absolute Gasteiger partial charge is 0.322 e. The maximum atomic E-state index is 11.9. The van der Waals surface area contributed by atoms with E-state index in [0.29, 0.717) is 12.5 Å². The molecule has 0 radical (unpaired) electrons. The minimum atomic E-state index is -0.291. The molecular formula is C16H29NO4. The molecule has 1 saturated carbocycles. The van der Waals surface area contributed by atoms with Gasteiger partial charge in [-0.3, -0.25) is 9.59 Å². The van der Waals surface area contributed by atoms with E-state index in [9.17, 15) is 9.59 Å². The van der Waals surface area contributed by atoms with E-state index in [2.05, 4.69) is 19.2 Å². The first-order chi connectivity index (χ1) is 9.97. The fourth-order valence-corrected chi connectivity index (χ4v) is 2.95. The SMILES string of the molecule is CCOC(=O)C1CCCC(NC(CC(C)C)C(=O)OC)C1. The molecule has 122 valence electrons. The molecule has 0 heterocycles. The summed E-state index contributed by atoms with van der Waals surface area (Å²) >= 11 is 0. The van der Waals surface area contributed by atoms with E-state index in [4.69, 9.17) is 9.47 Å². The van der Waals surface area contributed by atoms with Gasteiger partial charge in [-0.15, -0.1) is 0 Å². The zero-order chi connectivity index (χ0) is 15.8. The second-order valence-corrected chi connectivity index (χ2v) is 6.18. The van der Waals surface area contributed by atoms with E-state index < -0.39 is 0 Å². The van der Waals surface area contributed by atoms with E-state index in [1.54, 1.807) is 0 Å². The van der Waals surface area contributed by atoms with E-state index in [1.807, 2.05) is 6.92 Å². The number of hydrogen-bond acceptors (Lipinski definition) is 5. The van der Waals surface area contributed by atoms with Crippen molar-refractivity contribution in [2.75, 3.05) is 13.7 Å². The summed E-state index contributed by atoms with van der Waals surface area (Å²) in [5, 5.41) is 3.38. The molecule has 0 aromatic rings. The minimum absolute atomic E-state index is 0.0476. The van der Waals surface area contributed by atoms with Gasteiger partial charge in [0.05, 0.1) is 19.6 Å². The summed E-state index contributed by atoms with van der Waals surface area (Å²) in [4.78, 5) is 23.7. The first kappa shape index (κ1) is 18.0. The number of carbonyl (C=O) groups is 2. The van der Waals surface area contributed by atoms with Crippen molar-refractivity contribution in [3.63, 3.8) is 0 Å². The van der Waals surface area contributed by atoms with E-state index in [0.717, 1.165) is 32.1 Å². The molecule has 1 aliphatic carbocycles. The van der Waals surface area contributed by atoms with Crippen molar-refractivity contribution in [1.29, 1.82) is 0 Å². The third-order valence-corrected chi connectivity index (χ3v) is 3.92. The molecule has 1 fully saturated rings. The Morgan fingerprint density at radius 2 is 2.00 bits per heavy atom. The summed E-state index contributed by atoms with van der Waals surface area (Å²) in [6, 6.07) is -0.114. The van der Waals surface area contributed by atoms with Crippen LogP contribution in [0.25, 0.3) is 0 Å². The Morgan fingerprint density at radius 1 is 1.29 bits per heavy atom. The van der Waals surface area contributed by atoms with Crippen molar-refractivity contribution >= 4 is 11.9 Å². The summed E-state index contributed by atoms with van der Waals surface area (Å²) in [7, 11) is 1.42. The standard InChI is InChI=1S/C16H29NO4/c1-5-21-15(18)12-7-6-8-13(10-12)17-14(9-11(2)3)16(19)20-4/h11-14,17H,5-10H2,1-4H3. The van der Waals surface area contributed by atoms with Crippen LogP contribution in [0.3, 0.4) is 0 Å². The van der Waals surface area contributed by atoms with Crippen molar-refractivity contribution in [2.45, 2.75) is 65.0 Å². The number of hydrogen-bond donors (Lipinski definition) is 1. The molecule has 3 unspecified atom stereocenters. The van der Waals surface area contributed by atoms with Gasteiger partial charge in [-0.1, -0.05) is 20.3 Å². The summed E-state index contributed by atoms with van der Waals surface area (Å²) in [6.07, 6.45) is 4.33. The molecule has 5 heteroatoms. The van der Waals surface area contributed by atoms with Crippen molar-refractivity contribution in [2.24, 2.45) is 11.8 Å². The molecular weight excluding hydrogens is 270 g/mol. The van der Waals surface area contributed by atoms with Crippen molar-refractivity contribution in [1.82, 2.24) is 5.32 Å². The van der Waals surface area contributed by atoms with Gasteiger partial charge in [0.1, 0.15) is 6.04 Å². The number of ether oxygens (including phenoxy) is 2. The monoisotopic (exact) mass is 299 g/mol. The van der Waals surface area contributed by atoms with Gasteiger partial charge in [0.25, 0.3) is 0 Å². The topological polar surface area (TPSA) is 64.6 Å². The molecule has 0 aromatic carbocycles. The lowest BCUT2D eigenvalue weighted by atomic mass is 9.85. The lowest BCUT2D eigenvalue weighted by Crippen LogP contribution is -2.47. The highest BCUT2D eigenvalue weighted by atomic mass is 16.5. The molecule has 21 heavy (non-hydrogen) atoms. The van der Waals surface area contributed by atoms with Gasteiger partial charge >= 0.3 is 11.9 Å². The number of esters is 2. The minimum Gasteiger partial charge on any atom is -0.468 e. The van der Waals surface area contributed by atoms with Crippen LogP contribution in [0.4, 0.5) is 0 Å². The van der Waals surface area contributed by atoms with Gasteiger partial charge in [-0.25, -0.2) is 0 Å². The Balaban J connectivity index is 2.57. The van der Waals surface area contributed by atoms with Crippen LogP contribution in [0.5, 0.6) is 0 Å². The molecule has 1 rings (SSSR count). The van der Waals surface area contributed by atoms with Crippen LogP contribution >= 0.6 is 0 Å². The van der Waals surface area contributed by atoms with Crippen LogP contribution in [0.1, 0.15) is 52.9 Å². The van der Waals surface area contributed by atoms with Gasteiger partial charge in [0.15, 0.2) is 0 Å². The normalized spacial score (nSPS) is 23.7. The third kappa shape index (κ3) is 6.04. The van der Waals surface area contributed by atoms with Crippen LogP contribution in [-0.2, 0) is 19.1 Å². The maximum absolute atomic E-state index is 11.9. The quantitative estimate of drug-likeness (QED) is 0.731. The molecule has 1 N–H and O–H groups in total. The number of methoxy groups -OCH3 is 1. The zero-order valence-electron chi connectivity index (χ0n) is 13.7. The summed E-state index contributed by atoms with van der Waals surface area (Å²) in [5.41, 5.74) is 0. The third-order valence-electron chi connectivity index (χ3n) is 3.92. The van der Waals surface area contributed by atoms with Gasteiger partial charge < -0.3 is 14.8 Å².